The Morgan fingerprint density at radius 2 is 1.94 bits per heavy atom. The highest BCUT2D eigenvalue weighted by atomic mass is 16.5. The van der Waals surface area contributed by atoms with Crippen molar-refractivity contribution in [1.29, 1.82) is 0 Å². The number of hydrogen-bond donors (Lipinski definition) is 0. The highest BCUT2D eigenvalue weighted by molar-refractivity contribution is 6.05. The first-order valence-corrected chi connectivity index (χ1v) is 6.44. The standard InChI is InChI=1S/C13H22N2O3/c1-8(13(2,3)4)15-11(16)10-6-9(18-5)7-14(10)12(15)17/h8-10H,6-7H2,1-5H3/t8-,9-,10-/m1/s1. The zero-order chi connectivity index (χ0) is 13.7. The molecule has 0 radical (unpaired) electrons. The molecule has 5 nitrogen and oxygen atoms in total. The van der Waals surface area contributed by atoms with Gasteiger partial charge in [0.15, 0.2) is 0 Å². The molecule has 3 atom stereocenters. The topological polar surface area (TPSA) is 49.9 Å². The Kier molecular flexibility index (Phi) is 3.13. The summed E-state index contributed by atoms with van der Waals surface area (Å²) < 4.78 is 5.24. The molecule has 0 saturated carbocycles. The van der Waals surface area contributed by atoms with Crippen LogP contribution in [0.4, 0.5) is 4.79 Å². The maximum absolute atomic E-state index is 12.4. The highest BCUT2D eigenvalue weighted by Gasteiger charge is 2.53. The van der Waals surface area contributed by atoms with E-state index >= 15 is 0 Å². The van der Waals surface area contributed by atoms with E-state index in [9.17, 15) is 9.59 Å². The van der Waals surface area contributed by atoms with E-state index in [2.05, 4.69) is 0 Å². The van der Waals surface area contributed by atoms with Crippen LogP contribution in [0.25, 0.3) is 0 Å². The lowest BCUT2D eigenvalue weighted by atomic mass is 9.87. The lowest BCUT2D eigenvalue weighted by Crippen LogP contribution is -2.47. The Hall–Kier alpha value is -1.10. The van der Waals surface area contributed by atoms with Crippen molar-refractivity contribution in [2.75, 3.05) is 13.7 Å². The molecule has 0 unspecified atom stereocenters. The summed E-state index contributed by atoms with van der Waals surface area (Å²) >= 11 is 0. The van der Waals surface area contributed by atoms with Crippen molar-refractivity contribution in [2.45, 2.75) is 52.3 Å². The van der Waals surface area contributed by atoms with Gasteiger partial charge in [-0.05, 0) is 12.3 Å². The van der Waals surface area contributed by atoms with E-state index in [1.807, 2.05) is 27.7 Å². The molecule has 3 amide bonds. The summed E-state index contributed by atoms with van der Waals surface area (Å²) in [6.45, 7) is 8.59. The Balaban J connectivity index is 2.19. The van der Waals surface area contributed by atoms with Gasteiger partial charge in [0.2, 0.25) is 0 Å². The van der Waals surface area contributed by atoms with Gasteiger partial charge in [0.25, 0.3) is 5.91 Å². The number of carbonyl (C=O) groups is 2. The van der Waals surface area contributed by atoms with Crippen LogP contribution in [-0.2, 0) is 9.53 Å². The second-order valence-corrected chi connectivity index (χ2v) is 6.29. The van der Waals surface area contributed by atoms with Crippen LogP contribution in [0.3, 0.4) is 0 Å². The number of fused-ring (bicyclic) bond motifs is 1. The molecule has 0 N–H and O–H groups in total. The Morgan fingerprint density at radius 3 is 2.39 bits per heavy atom. The molecule has 2 saturated heterocycles. The first-order valence-electron chi connectivity index (χ1n) is 6.44. The highest BCUT2D eigenvalue weighted by Crippen LogP contribution is 2.34. The molecule has 2 fully saturated rings. The number of imide groups is 1. The normalized spacial score (nSPS) is 30.1. The van der Waals surface area contributed by atoms with E-state index in [1.54, 1.807) is 12.0 Å². The smallest absolute Gasteiger partial charge is 0.327 e. The van der Waals surface area contributed by atoms with Gasteiger partial charge in [-0.1, -0.05) is 20.8 Å². The fourth-order valence-corrected chi connectivity index (χ4v) is 2.55. The van der Waals surface area contributed by atoms with Gasteiger partial charge >= 0.3 is 6.03 Å². The molecule has 2 aliphatic rings. The molecule has 2 aliphatic heterocycles. The number of nitrogens with zero attached hydrogens (tertiary/aromatic N) is 2. The van der Waals surface area contributed by atoms with E-state index < -0.39 is 0 Å². The van der Waals surface area contributed by atoms with Crippen molar-refractivity contribution in [1.82, 2.24) is 9.80 Å². The molecular weight excluding hydrogens is 232 g/mol. The summed E-state index contributed by atoms with van der Waals surface area (Å²) in [5.74, 6) is -0.0676. The summed E-state index contributed by atoms with van der Waals surface area (Å²) in [5.41, 5.74) is -0.105. The van der Waals surface area contributed by atoms with Crippen LogP contribution >= 0.6 is 0 Å². The Labute approximate surface area is 108 Å². The minimum atomic E-state index is -0.313. The van der Waals surface area contributed by atoms with Crippen LogP contribution in [0.15, 0.2) is 0 Å². The fraction of sp³-hybridized carbons (Fsp3) is 0.846. The average molecular weight is 254 g/mol. The molecule has 18 heavy (non-hydrogen) atoms. The van der Waals surface area contributed by atoms with Crippen LogP contribution in [0, 0.1) is 5.41 Å². The van der Waals surface area contributed by atoms with Gasteiger partial charge in [0, 0.05) is 26.1 Å². The molecule has 0 aromatic rings. The fourth-order valence-electron chi connectivity index (χ4n) is 2.55. The summed E-state index contributed by atoms with van der Waals surface area (Å²) in [7, 11) is 1.62. The van der Waals surface area contributed by atoms with Crippen molar-refractivity contribution in [3.05, 3.63) is 0 Å². The number of urea groups is 1. The maximum atomic E-state index is 12.4. The van der Waals surface area contributed by atoms with Crippen molar-refractivity contribution in [3.8, 4) is 0 Å². The minimum Gasteiger partial charge on any atom is -0.380 e. The van der Waals surface area contributed by atoms with E-state index in [4.69, 9.17) is 4.74 Å². The molecule has 2 heterocycles. The summed E-state index contributed by atoms with van der Waals surface area (Å²) in [5, 5.41) is 0. The predicted octanol–water partition coefficient (Wildman–Crippen LogP) is 1.47. The molecule has 2 rings (SSSR count). The lowest BCUT2D eigenvalue weighted by Gasteiger charge is -2.33. The van der Waals surface area contributed by atoms with Gasteiger partial charge in [-0.15, -0.1) is 0 Å². The number of methoxy groups -OCH3 is 1. The minimum absolute atomic E-state index is 0.00464. The monoisotopic (exact) mass is 254 g/mol. The third kappa shape index (κ3) is 1.90. The van der Waals surface area contributed by atoms with Gasteiger partial charge in [-0.2, -0.15) is 0 Å². The Morgan fingerprint density at radius 1 is 1.33 bits per heavy atom. The SMILES string of the molecule is CO[C@@H]1C[C@@H]2C(=O)N([C@H](C)C(C)(C)C)C(=O)N2C1. The van der Waals surface area contributed by atoms with Crippen LogP contribution in [-0.4, -0.2) is 53.6 Å². The summed E-state index contributed by atoms with van der Waals surface area (Å²) in [6.07, 6.45) is 0.615. The van der Waals surface area contributed by atoms with Gasteiger partial charge in [-0.25, -0.2) is 4.79 Å². The van der Waals surface area contributed by atoms with E-state index in [0.29, 0.717) is 13.0 Å². The third-order valence-electron chi connectivity index (χ3n) is 4.21. The first-order chi connectivity index (χ1) is 8.27. The van der Waals surface area contributed by atoms with Crippen LogP contribution < -0.4 is 0 Å². The molecule has 0 aliphatic carbocycles. The third-order valence-corrected chi connectivity index (χ3v) is 4.21. The van der Waals surface area contributed by atoms with Gasteiger partial charge in [-0.3, -0.25) is 9.69 Å². The van der Waals surface area contributed by atoms with E-state index in [1.165, 1.54) is 4.90 Å². The molecule has 102 valence electrons. The van der Waals surface area contributed by atoms with Gasteiger partial charge < -0.3 is 9.64 Å². The van der Waals surface area contributed by atoms with Crippen molar-refractivity contribution < 1.29 is 14.3 Å². The van der Waals surface area contributed by atoms with Crippen LogP contribution in [0.1, 0.15) is 34.1 Å². The molecule has 0 bridgehead atoms. The number of rotatable bonds is 2. The molecule has 0 aromatic carbocycles. The van der Waals surface area contributed by atoms with E-state index in [0.717, 1.165) is 0 Å². The zero-order valence-electron chi connectivity index (χ0n) is 11.8. The van der Waals surface area contributed by atoms with Crippen LogP contribution in [0.5, 0.6) is 0 Å². The molecular formula is C13H22N2O3. The van der Waals surface area contributed by atoms with Gasteiger partial charge in [0.05, 0.1) is 6.10 Å². The molecule has 0 aromatic heterocycles. The van der Waals surface area contributed by atoms with Crippen molar-refractivity contribution in [2.24, 2.45) is 5.41 Å². The number of carbonyl (C=O) groups excluding carboxylic acids is 2. The summed E-state index contributed by atoms with van der Waals surface area (Å²) in [4.78, 5) is 27.8. The molecule has 0 spiro atoms. The quantitative estimate of drug-likeness (QED) is 0.701. The van der Waals surface area contributed by atoms with Crippen molar-refractivity contribution in [3.63, 3.8) is 0 Å². The molecule has 5 heteroatoms. The largest absolute Gasteiger partial charge is 0.380 e. The van der Waals surface area contributed by atoms with Gasteiger partial charge in [0.1, 0.15) is 6.04 Å². The van der Waals surface area contributed by atoms with E-state index in [-0.39, 0.29) is 35.5 Å². The first kappa shape index (κ1) is 13.3. The average Bonchev–Trinajstić information content (AvgIpc) is 2.78. The zero-order valence-corrected chi connectivity index (χ0v) is 11.8. The lowest BCUT2D eigenvalue weighted by molar-refractivity contribution is -0.130. The second kappa shape index (κ2) is 4.23. The number of ether oxygens (including phenoxy) is 1. The number of hydrogen-bond acceptors (Lipinski definition) is 3. The number of amides is 3. The second-order valence-electron chi connectivity index (χ2n) is 6.29. The predicted molar refractivity (Wildman–Crippen MR) is 67.1 cm³/mol. The van der Waals surface area contributed by atoms with Crippen LogP contribution in [0.2, 0.25) is 0 Å². The Bertz CT molecular complexity index is 351. The maximum Gasteiger partial charge on any atom is 0.327 e. The van der Waals surface area contributed by atoms with Crippen molar-refractivity contribution >= 4 is 11.9 Å². The summed E-state index contributed by atoms with van der Waals surface area (Å²) in [6, 6.07) is -0.566.